The Morgan fingerprint density at radius 2 is 1.88 bits per heavy atom. The van der Waals surface area contributed by atoms with Gasteiger partial charge in [0.05, 0.1) is 6.04 Å². The first kappa shape index (κ1) is 20.1. The number of carbonyl (C=O) groups excluding carboxylic acids is 1. The number of fused-ring (bicyclic) bond motifs is 1. The fourth-order valence-corrected chi connectivity index (χ4v) is 4.25. The van der Waals surface area contributed by atoms with E-state index >= 15 is 0 Å². The van der Waals surface area contributed by atoms with E-state index < -0.39 is 12.0 Å². The van der Waals surface area contributed by atoms with E-state index in [1.807, 2.05) is 60.7 Å². The van der Waals surface area contributed by atoms with Crippen molar-refractivity contribution in [2.45, 2.75) is 6.04 Å². The average molecular weight is 487 g/mol. The van der Waals surface area contributed by atoms with Crippen LogP contribution in [0.15, 0.2) is 95.7 Å². The molecule has 4 aromatic rings. The summed E-state index contributed by atoms with van der Waals surface area (Å²) in [4.78, 5) is 22.3. The van der Waals surface area contributed by atoms with Gasteiger partial charge < -0.3 is 10.6 Å². The van der Waals surface area contributed by atoms with Gasteiger partial charge in [-0.15, -0.1) is 5.10 Å². The molecule has 0 aliphatic carbocycles. The van der Waals surface area contributed by atoms with E-state index in [1.165, 1.54) is 0 Å². The van der Waals surface area contributed by atoms with E-state index in [2.05, 4.69) is 43.1 Å². The first-order valence-corrected chi connectivity index (χ1v) is 10.8. The molecule has 2 unspecified atom stereocenters. The Balaban J connectivity index is 1.60. The normalized spacial score (nSPS) is 17.3. The van der Waals surface area contributed by atoms with E-state index in [-0.39, 0.29) is 5.91 Å². The summed E-state index contributed by atoms with van der Waals surface area (Å²) >= 11 is 3.54. The minimum absolute atomic E-state index is 0.228. The Kier molecular flexibility index (Phi) is 5.28. The number of nitrogens with zero attached hydrogens (tertiary/aromatic N) is 4. The molecule has 1 aliphatic heterocycles. The highest BCUT2D eigenvalue weighted by atomic mass is 79.9. The SMILES string of the molecule is C=C1Nc2nc(-c3ccccc3)nn2C(c2cccc(Br)c2)C1C(=O)Nc1ccccn1. The number of halogens is 1. The number of anilines is 2. The highest BCUT2D eigenvalue weighted by Gasteiger charge is 2.40. The molecule has 1 aliphatic rings. The highest BCUT2D eigenvalue weighted by molar-refractivity contribution is 9.10. The third kappa shape index (κ3) is 3.80. The predicted octanol–water partition coefficient (Wildman–Crippen LogP) is 4.89. The Labute approximate surface area is 193 Å². The molecule has 2 aromatic carbocycles. The molecule has 0 bridgehead atoms. The van der Waals surface area contributed by atoms with Gasteiger partial charge in [-0.25, -0.2) is 9.67 Å². The second kappa shape index (κ2) is 8.39. The summed E-state index contributed by atoms with van der Waals surface area (Å²) in [6.07, 6.45) is 1.64. The first-order valence-electron chi connectivity index (χ1n) is 10.1. The van der Waals surface area contributed by atoms with Gasteiger partial charge in [0.2, 0.25) is 11.9 Å². The maximum Gasteiger partial charge on any atom is 0.237 e. The summed E-state index contributed by atoms with van der Waals surface area (Å²) < 4.78 is 2.68. The molecule has 1 amide bonds. The summed E-state index contributed by atoms with van der Waals surface area (Å²) in [6, 6.07) is 22.5. The number of hydrogen-bond donors (Lipinski definition) is 2. The third-order valence-electron chi connectivity index (χ3n) is 5.28. The zero-order valence-electron chi connectivity index (χ0n) is 16.9. The monoisotopic (exact) mass is 486 g/mol. The van der Waals surface area contributed by atoms with Crippen LogP contribution in [0.2, 0.25) is 0 Å². The summed E-state index contributed by atoms with van der Waals surface area (Å²) in [6.45, 7) is 4.15. The van der Waals surface area contributed by atoms with E-state index in [4.69, 9.17) is 5.10 Å². The third-order valence-corrected chi connectivity index (χ3v) is 5.77. The lowest BCUT2D eigenvalue weighted by Gasteiger charge is -2.33. The molecule has 0 fully saturated rings. The molecule has 2 aromatic heterocycles. The lowest BCUT2D eigenvalue weighted by atomic mass is 9.88. The Bertz CT molecular complexity index is 1290. The van der Waals surface area contributed by atoms with Gasteiger partial charge in [0.15, 0.2) is 5.82 Å². The maximum atomic E-state index is 13.4. The lowest BCUT2D eigenvalue weighted by Crippen LogP contribution is -2.39. The number of carbonyl (C=O) groups is 1. The van der Waals surface area contributed by atoms with Crippen molar-refractivity contribution in [3.05, 3.63) is 101 Å². The molecule has 0 saturated carbocycles. The topological polar surface area (TPSA) is 84.7 Å². The van der Waals surface area contributed by atoms with Crippen LogP contribution < -0.4 is 10.6 Å². The van der Waals surface area contributed by atoms with Gasteiger partial charge in [-0.1, -0.05) is 71.0 Å². The molecule has 32 heavy (non-hydrogen) atoms. The molecule has 3 heterocycles. The second-order valence-corrected chi connectivity index (χ2v) is 8.32. The molecule has 7 nitrogen and oxygen atoms in total. The standard InChI is InChI=1S/C24H19BrN6O/c1-15-20(23(32)28-19-12-5-6-13-26-19)21(17-10-7-11-18(25)14-17)31-24(27-15)29-22(30-31)16-8-3-2-4-9-16/h2-14,20-21H,1H2,(H,26,28,32)(H,27,29,30). The van der Waals surface area contributed by atoms with E-state index in [1.54, 1.807) is 23.0 Å². The minimum atomic E-state index is -0.635. The number of pyridine rings is 1. The van der Waals surface area contributed by atoms with Gasteiger partial charge in [0.1, 0.15) is 11.7 Å². The summed E-state index contributed by atoms with van der Waals surface area (Å²) in [5, 5.41) is 10.9. The van der Waals surface area contributed by atoms with Crippen LogP contribution in [0.3, 0.4) is 0 Å². The molecule has 0 radical (unpaired) electrons. The number of amides is 1. The van der Waals surface area contributed by atoms with Gasteiger partial charge in [0.25, 0.3) is 0 Å². The van der Waals surface area contributed by atoms with Crippen LogP contribution in [0.1, 0.15) is 11.6 Å². The first-order chi connectivity index (χ1) is 15.6. The molecule has 158 valence electrons. The molecule has 2 atom stereocenters. The Morgan fingerprint density at radius 3 is 2.62 bits per heavy atom. The van der Waals surface area contributed by atoms with Gasteiger partial charge in [0, 0.05) is 21.9 Å². The van der Waals surface area contributed by atoms with Crippen LogP contribution >= 0.6 is 15.9 Å². The largest absolute Gasteiger partial charge is 0.328 e. The van der Waals surface area contributed by atoms with Crippen LogP contribution in [0, 0.1) is 5.92 Å². The summed E-state index contributed by atoms with van der Waals surface area (Å²) in [5.74, 6) is 0.734. The van der Waals surface area contributed by atoms with E-state index in [0.29, 0.717) is 23.3 Å². The Morgan fingerprint density at radius 1 is 1.06 bits per heavy atom. The van der Waals surface area contributed by atoms with Crippen molar-refractivity contribution in [2.75, 3.05) is 10.6 Å². The van der Waals surface area contributed by atoms with Crippen LogP contribution in [-0.4, -0.2) is 25.7 Å². The number of nitrogens with one attached hydrogen (secondary N) is 2. The number of hydrogen-bond acceptors (Lipinski definition) is 5. The van der Waals surface area contributed by atoms with Crippen molar-refractivity contribution in [3.63, 3.8) is 0 Å². The Hall–Kier alpha value is -3.78. The number of rotatable bonds is 4. The van der Waals surface area contributed by atoms with Crippen molar-refractivity contribution in [1.29, 1.82) is 0 Å². The zero-order chi connectivity index (χ0) is 22.1. The fourth-order valence-electron chi connectivity index (χ4n) is 3.83. The van der Waals surface area contributed by atoms with Crippen molar-refractivity contribution in [1.82, 2.24) is 19.7 Å². The zero-order valence-corrected chi connectivity index (χ0v) is 18.5. The molecular weight excluding hydrogens is 468 g/mol. The van der Waals surface area contributed by atoms with Crippen LogP contribution in [0.25, 0.3) is 11.4 Å². The summed E-state index contributed by atoms with van der Waals surface area (Å²) in [7, 11) is 0. The van der Waals surface area contributed by atoms with E-state index in [9.17, 15) is 4.79 Å². The van der Waals surface area contributed by atoms with Crippen molar-refractivity contribution in [2.24, 2.45) is 5.92 Å². The second-order valence-electron chi connectivity index (χ2n) is 7.40. The van der Waals surface area contributed by atoms with Crippen LogP contribution in [0.4, 0.5) is 11.8 Å². The van der Waals surface area contributed by atoms with Crippen LogP contribution in [0.5, 0.6) is 0 Å². The quantitative estimate of drug-likeness (QED) is 0.429. The highest BCUT2D eigenvalue weighted by Crippen LogP contribution is 2.39. The number of aromatic nitrogens is 4. The summed E-state index contributed by atoms with van der Waals surface area (Å²) in [5.41, 5.74) is 2.35. The van der Waals surface area contributed by atoms with E-state index in [0.717, 1.165) is 15.6 Å². The van der Waals surface area contributed by atoms with Crippen molar-refractivity contribution >= 4 is 33.6 Å². The maximum absolute atomic E-state index is 13.4. The number of benzene rings is 2. The van der Waals surface area contributed by atoms with Crippen LogP contribution in [-0.2, 0) is 4.79 Å². The fraction of sp³-hybridized carbons (Fsp3) is 0.0833. The van der Waals surface area contributed by atoms with Gasteiger partial charge >= 0.3 is 0 Å². The molecule has 2 N–H and O–H groups in total. The predicted molar refractivity (Wildman–Crippen MR) is 127 cm³/mol. The van der Waals surface area contributed by atoms with Gasteiger partial charge in [-0.3, -0.25) is 4.79 Å². The average Bonchev–Trinajstić information content (AvgIpc) is 3.23. The van der Waals surface area contributed by atoms with Crippen molar-refractivity contribution in [3.8, 4) is 11.4 Å². The van der Waals surface area contributed by atoms with Gasteiger partial charge in [-0.2, -0.15) is 4.98 Å². The lowest BCUT2D eigenvalue weighted by molar-refractivity contribution is -0.119. The minimum Gasteiger partial charge on any atom is -0.328 e. The molecule has 8 heteroatoms. The smallest absolute Gasteiger partial charge is 0.237 e. The molecule has 0 spiro atoms. The molecule has 0 saturated heterocycles. The van der Waals surface area contributed by atoms with Crippen molar-refractivity contribution < 1.29 is 4.79 Å². The van der Waals surface area contributed by atoms with Gasteiger partial charge in [-0.05, 0) is 29.8 Å². The molecule has 5 rings (SSSR count). The molecular formula is C24H19BrN6O.